The number of aryl methyl sites for hydroxylation is 1. The summed E-state index contributed by atoms with van der Waals surface area (Å²) in [6.07, 6.45) is 0.668. The number of para-hydroxylation sites is 1. The summed E-state index contributed by atoms with van der Waals surface area (Å²) >= 11 is 7.78. The zero-order chi connectivity index (χ0) is 23.5. The number of fused-ring (bicyclic) bond motifs is 1. The summed E-state index contributed by atoms with van der Waals surface area (Å²) in [7, 11) is 0. The highest BCUT2D eigenvalue weighted by Crippen LogP contribution is 2.35. The molecule has 4 rings (SSSR count). The van der Waals surface area contributed by atoms with E-state index in [0.717, 1.165) is 16.0 Å². The number of amides is 1. The fraction of sp³-hybridized carbons (Fsp3) is 0.192. The largest absolute Gasteiger partial charge is 0.462 e. The molecule has 0 atom stereocenters. The average molecular weight is 479 g/mol. The Morgan fingerprint density at radius 1 is 1.09 bits per heavy atom. The van der Waals surface area contributed by atoms with Gasteiger partial charge < -0.3 is 10.1 Å². The highest BCUT2D eigenvalue weighted by Gasteiger charge is 2.24. The summed E-state index contributed by atoms with van der Waals surface area (Å²) in [6.45, 7) is 5.95. The van der Waals surface area contributed by atoms with Crippen LogP contribution in [0.1, 0.15) is 45.0 Å². The van der Waals surface area contributed by atoms with Gasteiger partial charge in [0, 0.05) is 20.8 Å². The van der Waals surface area contributed by atoms with Gasteiger partial charge in [-0.3, -0.25) is 4.79 Å². The van der Waals surface area contributed by atoms with Gasteiger partial charge in [0.25, 0.3) is 5.91 Å². The number of pyridine rings is 1. The molecule has 1 amide bonds. The van der Waals surface area contributed by atoms with E-state index in [1.807, 2.05) is 56.3 Å². The number of rotatable bonds is 6. The lowest BCUT2D eigenvalue weighted by Gasteiger charge is -2.12. The van der Waals surface area contributed by atoms with Crippen LogP contribution in [0.25, 0.3) is 22.2 Å². The van der Waals surface area contributed by atoms with Crippen molar-refractivity contribution in [3.8, 4) is 11.3 Å². The van der Waals surface area contributed by atoms with E-state index < -0.39 is 5.97 Å². The molecule has 168 valence electrons. The van der Waals surface area contributed by atoms with Gasteiger partial charge in [0.2, 0.25) is 0 Å². The Morgan fingerprint density at radius 3 is 2.55 bits per heavy atom. The van der Waals surface area contributed by atoms with Crippen LogP contribution in [-0.2, 0) is 11.2 Å². The van der Waals surface area contributed by atoms with Crippen LogP contribution < -0.4 is 5.32 Å². The van der Waals surface area contributed by atoms with Crippen molar-refractivity contribution < 1.29 is 14.3 Å². The second kappa shape index (κ2) is 9.73. The van der Waals surface area contributed by atoms with E-state index >= 15 is 0 Å². The smallest absolute Gasteiger partial charge is 0.341 e. The van der Waals surface area contributed by atoms with Gasteiger partial charge in [-0.05, 0) is 44.0 Å². The van der Waals surface area contributed by atoms with Crippen molar-refractivity contribution >= 4 is 50.7 Å². The number of anilines is 1. The molecule has 0 saturated carbocycles. The van der Waals surface area contributed by atoms with E-state index in [1.54, 1.807) is 19.1 Å². The predicted molar refractivity (Wildman–Crippen MR) is 135 cm³/mol. The lowest BCUT2D eigenvalue weighted by Crippen LogP contribution is -2.16. The second-order valence-corrected chi connectivity index (χ2v) is 9.05. The average Bonchev–Trinajstić information content (AvgIpc) is 3.13. The van der Waals surface area contributed by atoms with Crippen molar-refractivity contribution in [2.45, 2.75) is 27.2 Å². The Bertz CT molecular complexity index is 1360. The van der Waals surface area contributed by atoms with E-state index in [0.29, 0.717) is 44.2 Å². The molecule has 7 heteroatoms. The molecule has 0 bridgehead atoms. The molecule has 2 heterocycles. The standard InChI is InChI=1S/C26H23ClN2O3S/c1-4-16-15(3)33-25(23(16)26(31)32-5-2)29-24(30)19-14-22(18-11-6-8-12-20(18)27)28-21-13-9-7-10-17(19)21/h6-14H,4-5H2,1-3H3,(H,29,30). The molecule has 0 radical (unpaired) electrons. The van der Waals surface area contributed by atoms with Crippen LogP contribution in [0.5, 0.6) is 0 Å². The normalized spacial score (nSPS) is 10.9. The molecule has 2 aromatic heterocycles. The minimum absolute atomic E-state index is 0.264. The van der Waals surface area contributed by atoms with Gasteiger partial charge in [0.05, 0.1) is 28.9 Å². The Hall–Kier alpha value is -3.22. The number of halogens is 1. The molecule has 0 fully saturated rings. The molecule has 0 spiro atoms. The molecular formula is C26H23ClN2O3S. The molecule has 4 aromatic rings. The molecule has 0 unspecified atom stereocenters. The fourth-order valence-electron chi connectivity index (χ4n) is 3.85. The van der Waals surface area contributed by atoms with Crippen molar-refractivity contribution in [1.29, 1.82) is 0 Å². The first-order valence-electron chi connectivity index (χ1n) is 10.7. The van der Waals surface area contributed by atoms with Crippen molar-refractivity contribution in [3.05, 3.63) is 81.2 Å². The summed E-state index contributed by atoms with van der Waals surface area (Å²) < 4.78 is 5.26. The van der Waals surface area contributed by atoms with E-state index in [-0.39, 0.29) is 12.5 Å². The molecular weight excluding hydrogens is 456 g/mol. The van der Waals surface area contributed by atoms with Crippen LogP contribution in [0.2, 0.25) is 5.02 Å². The number of benzene rings is 2. The maximum atomic E-state index is 13.5. The molecule has 0 aliphatic rings. The van der Waals surface area contributed by atoms with Crippen molar-refractivity contribution in [3.63, 3.8) is 0 Å². The number of hydrogen-bond donors (Lipinski definition) is 1. The van der Waals surface area contributed by atoms with Gasteiger partial charge in [-0.2, -0.15) is 0 Å². The van der Waals surface area contributed by atoms with Gasteiger partial charge in [0.15, 0.2) is 0 Å². The third-order valence-corrected chi connectivity index (χ3v) is 6.77. The molecule has 2 aromatic carbocycles. The van der Waals surface area contributed by atoms with Crippen LogP contribution in [0.15, 0.2) is 54.6 Å². The Labute approximate surface area is 201 Å². The first kappa shape index (κ1) is 23.0. The Kier molecular flexibility index (Phi) is 6.77. The van der Waals surface area contributed by atoms with Crippen LogP contribution in [0, 0.1) is 6.92 Å². The van der Waals surface area contributed by atoms with Crippen LogP contribution in [0.4, 0.5) is 5.00 Å². The third-order valence-electron chi connectivity index (χ3n) is 5.38. The van der Waals surface area contributed by atoms with E-state index in [4.69, 9.17) is 21.3 Å². The van der Waals surface area contributed by atoms with Gasteiger partial charge >= 0.3 is 5.97 Å². The van der Waals surface area contributed by atoms with Crippen molar-refractivity contribution in [2.24, 2.45) is 0 Å². The van der Waals surface area contributed by atoms with Crippen molar-refractivity contribution in [2.75, 3.05) is 11.9 Å². The number of carbonyl (C=O) groups is 2. The molecule has 33 heavy (non-hydrogen) atoms. The fourth-order valence-corrected chi connectivity index (χ4v) is 5.21. The highest BCUT2D eigenvalue weighted by atomic mass is 35.5. The van der Waals surface area contributed by atoms with Gasteiger partial charge in [-0.1, -0.05) is 54.9 Å². The number of nitrogens with one attached hydrogen (secondary N) is 1. The highest BCUT2D eigenvalue weighted by molar-refractivity contribution is 7.16. The molecule has 0 aliphatic heterocycles. The lowest BCUT2D eigenvalue weighted by atomic mass is 10.0. The van der Waals surface area contributed by atoms with Crippen LogP contribution in [0.3, 0.4) is 0 Å². The maximum Gasteiger partial charge on any atom is 0.341 e. The van der Waals surface area contributed by atoms with Gasteiger partial charge in [-0.15, -0.1) is 11.3 Å². The molecule has 0 aliphatic carbocycles. The van der Waals surface area contributed by atoms with Gasteiger partial charge in [-0.25, -0.2) is 9.78 Å². The van der Waals surface area contributed by atoms with Crippen LogP contribution in [-0.4, -0.2) is 23.5 Å². The number of nitrogens with zero attached hydrogens (tertiary/aromatic N) is 1. The maximum absolute atomic E-state index is 13.5. The second-order valence-electron chi connectivity index (χ2n) is 7.42. The van der Waals surface area contributed by atoms with Crippen LogP contribution >= 0.6 is 22.9 Å². The minimum Gasteiger partial charge on any atom is -0.462 e. The number of aromatic nitrogens is 1. The predicted octanol–water partition coefficient (Wildman–Crippen LogP) is 6.92. The van der Waals surface area contributed by atoms with Crippen molar-refractivity contribution in [1.82, 2.24) is 4.98 Å². The summed E-state index contributed by atoms with van der Waals surface area (Å²) in [5.74, 6) is -0.748. The number of thiophene rings is 1. The lowest BCUT2D eigenvalue weighted by molar-refractivity contribution is 0.0527. The third kappa shape index (κ3) is 4.49. The zero-order valence-electron chi connectivity index (χ0n) is 18.6. The zero-order valence-corrected chi connectivity index (χ0v) is 20.1. The first-order valence-corrected chi connectivity index (χ1v) is 11.9. The summed E-state index contributed by atoms with van der Waals surface area (Å²) in [6, 6.07) is 16.6. The van der Waals surface area contributed by atoms with Gasteiger partial charge in [0.1, 0.15) is 5.00 Å². The SMILES string of the molecule is CCOC(=O)c1c(NC(=O)c2cc(-c3ccccc3Cl)nc3ccccc23)sc(C)c1CC. The first-order chi connectivity index (χ1) is 15.9. The molecule has 1 N–H and O–H groups in total. The topological polar surface area (TPSA) is 68.3 Å². The van der Waals surface area contributed by atoms with E-state index in [9.17, 15) is 9.59 Å². The molecule has 0 saturated heterocycles. The Balaban J connectivity index is 1.81. The molecule has 5 nitrogen and oxygen atoms in total. The van der Waals surface area contributed by atoms with E-state index in [1.165, 1.54) is 11.3 Å². The quantitative estimate of drug-likeness (QED) is 0.305. The Morgan fingerprint density at radius 2 is 1.82 bits per heavy atom. The summed E-state index contributed by atoms with van der Waals surface area (Å²) in [4.78, 5) is 31.9. The number of esters is 1. The summed E-state index contributed by atoms with van der Waals surface area (Å²) in [5.41, 5.74) is 3.81. The monoisotopic (exact) mass is 478 g/mol. The minimum atomic E-state index is -0.426. The van der Waals surface area contributed by atoms with E-state index in [2.05, 4.69) is 5.32 Å². The summed E-state index contributed by atoms with van der Waals surface area (Å²) in [5, 5.41) is 4.73. The number of ether oxygens (including phenoxy) is 1. The number of carbonyl (C=O) groups excluding carboxylic acids is 2. The number of hydrogen-bond acceptors (Lipinski definition) is 5.